The van der Waals surface area contributed by atoms with Gasteiger partial charge >= 0.3 is 0 Å². The molecule has 2 atom stereocenters. The molecule has 0 aromatic heterocycles. The highest BCUT2D eigenvalue weighted by Crippen LogP contribution is 2.26. The molecule has 2 nitrogen and oxygen atoms in total. The number of nitrogens with two attached hydrogens (primary N) is 1. The summed E-state index contributed by atoms with van der Waals surface area (Å²) in [7, 11) is 0. The zero-order valence-corrected chi connectivity index (χ0v) is 10.0. The maximum atomic E-state index is 9.99. The van der Waals surface area contributed by atoms with Gasteiger partial charge < -0.3 is 10.8 Å². The Bertz CT molecular complexity index is 301. The number of halogens is 1. The highest BCUT2D eigenvalue weighted by molar-refractivity contribution is 9.10. The predicted molar refractivity (Wildman–Crippen MR) is 61.9 cm³/mol. The van der Waals surface area contributed by atoms with Crippen LogP contribution in [0.4, 0.5) is 0 Å². The van der Waals surface area contributed by atoms with Gasteiger partial charge in [-0.3, -0.25) is 0 Å². The summed E-state index contributed by atoms with van der Waals surface area (Å²) in [5.41, 5.74) is 6.75. The summed E-state index contributed by atoms with van der Waals surface area (Å²) in [6.07, 6.45) is -0.606. The van der Waals surface area contributed by atoms with Crippen LogP contribution in [-0.2, 0) is 0 Å². The summed E-state index contributed by atoms with van der Waals surface area (Å²) in [5, 5.41) is 9.99. The number of benzene rings is 1. The van der Waals surface area contributed by atoms with Crippen LogP contribution in [0.15, 0.2) is 28.7 Å². The largest absolute Gasteiger partial charge is 0.387 e. The fourth-order valence-corrected chi connectivity index (χ4v) is 1.81. The van der Waals surface area contributed by atoms with Gasteiger partial charge in [0.15, 0.2) is 0 Å². The Hall–Kier alpha value is -0.380. The number of aliphatic hydroxyl groups is 1. The molecule has 1 rings (SSSR count). The molecule has 0 aliphatic rings. The van der Waals surface area contributed by atoms with Crippen molar-refractivity contribution in [1.29, 1.82) is 0 Å². The summed E-state index contributed by atoms with van der Waals surface area (Å²) in [4.78, 5) is 0. The minimum absolute atomic E-state index is 0.228. The summed E-state index contributed by atoms with van der Waals surface area (Å²) < 4.78 is 0.906. The van der Waals surface area contributed by atoms with Crippen LogP contribution in [0.5, 0.6) is 0 Å². The van der Waals surface area contributed by atoms with Crippen LogP contribution in [0.3, 0.4) is 0 Å². The third-order valence-corrected chi connectivity index (χ3v) is 3.08. The van der Waals surface area contributed by atoms with Gasteiger partial charge in [0.25, 0.3) is 0 Å². The molecule has 0 amide bonds. The van der Waals surface area contributed by atoms with Gasteiger partial charge in [-0.05, 0) is 17.5 Å². The molecule has 0 bridgehead atoms. The van der Waals surface area contributed by atoms with Crippen molar-refractivity contribution in [3.8, 4) is 0 Å². The second-order valence-corrected chi connectivity index (χ2v) is 4.64. The molecule has 0 heterocycles. The molecule has 0 saturated carbocycles. The molecule has 1 aromatic rings. The lowest BCUT2D eigenvalue weighted by Gasteiger charge is -2.23. The first-order chi connectivity index (χ1) is 6.54. The number of rotatable bonds is 3. The van der Waals surface area contributed by atoms with Crippen molar-refractivity contribution in [1.82, 2.24) is 0 Å². The topological polar surface area (TPSA) is 46.2 Å². The SMILES string of the molecule is CC(C)C(N)C(O)c1ccccc1Br. The average Bonchev–Trinajstić information content (AvgIpc) is 2.16. The summed E-state index contributed by atoms with van der Waals surface area (Å²) in [6.45, 7) is 4.01. The Morgan fingerprint density at radius 3 is 2.36 bits per heavy atom. The Kier molecular flexibility index (Phi) is 4.11. The van der Waals surface area contributed by atoms with Crippen LogP contribution < -0.4 is 5.73 Å². The zero-order chi connectivity index (χ0) is 10.7. The van der Waals surface area contributed by atoms with E-state index in [1.165, 1.54) is 0 Å². The quantitative estimate of drug-likeness (QED) is 0.874. The van der Waals surface area contributed by atoms with E-state index in [1.54, 1.807) is 0 Å². The molecule has 0 aliphatic carbocycles. The molecule has 3 N–H and O–H groups in total. The van der Waals surface area contributed by atoms with Crippen molar-refractivity contribution in [2.45, 2.75) is 26.0 Å². The van der Waals surface area contributed by atoms with Crippen molar-refractivity contribution < 1.29 is 5.11 Å². The van der Waals surface area contributed by atoms with E-state index in [1.807, 2.05) is 38.1 Å². The molecule has 0 saturated heterocycles. The first kappa shape index (κ1) is 11.7. The van der Waals surface area contributed by atoms with E-state index in [4.69, 9.17) is 5.73 Å². The van der Waals surface area contributed by atoms with Crippen LogP contribution in [0.2, 0.25) is 0 Å². The second kappa shape index (κ2) is 4.91. The fourth-order valence-electron chi connectivity index (χ4n) is 1.29. The van der Waals surface area contributed by atoms with Crippen LogP contribution in [0.25, 0.3) is 0 Å². The normalized spacial score (nSPS) is 15.6. The first-order valence-electron chi connectivity index (χ1n) is 4.72. The number of hydrogen-bond acceptors (Lipinski definition) is 2. The van der Waals surface area contributed by atoms with E-state index >= 15 is 0 Å². The van der Waals surface area contributed by atoms with E-state index in [9.17, 15) is 5.11 Å². The molecule has 0 aliphatic heterocycles. The van der Waals surface area contributed by atoms with Gasteiger partial charge in [0, 0.05) is 10.5 Å². The van der Waals surface area contributed by atoms with E-state index < -0.39 is 6.10 Å². The average molecular weight is 258 g/mol. The lowest BCUT2D eigenvalue weighted by atomic mass is 9.94. The van der Waals surface area contributed by atoms with Gasteiger partial charge in [0.05, 0.1) is 6.10 Å². The summed E-state index contributed by atoms with van der Waals surface area (Å²) in [6, 6.07) is 7.38. The lowest BCUT2D eigenvalue weighted by molar-refractivity contribution is 0.125. The van der Waals surface area contributed by atoms with Crippen molar-refractivity contribution in [2.75, 3.05) is 0 Å². The van der Waals surface area contributed by atoms with Crippen molar-refractivity contribution in [3.63, 3.8) is 0 Å². The maximum Gasteiger partial charge on any atom is 0.0954 e. The minimum atomic E-state index is -0.606. The van der Waals surface area contributed by atoms with Crippen LogP contribution in [0, 0.1) is 5.92 Å². The lowest BCUT2D eigenvalue weighted by Crippen LogP contribution is -2.33. The molecule has 0 radical (unpaired) electrons. The molecule has 0 spiro atoms. The highest BCUT2D eigenvalue weighted by atomic mass is 79.9. The Morgan fingerprint density at radius 1 is 1.29 bits per heavy atom. The van der Waals surface area contributed by atoms with E-state index in [0.717, 1.165) is 10.0 Å². The van der Waals surface area contributed by atoms with Gasteiger partial charge in [0.1, 0.15) is 0 Å². The molecule has 0 fully saturated rings. The third-order valence-electron chi connectivity index (χ3n) is 2.36. The Labute approximate surface area is 93.3 Å². The molecular formula is C11H16BrNO. The number of aliphatic hydroxyl groups excluding tert-OH is 1. The van der Waals surface area contributed by atoms with Gasteiger partial charge in [0.2, 0.25) is 0 Å². The first-order valence-corrected chi connectivity index (χ1v) is 5.51. The van der Waals surface area contributed by atoms with Crippen molar-refractivity contribution in [3.05, 3.63) is 34.3 Å². The third kappa shape index (κ3) is 2.56. The van der Waals surface area contributed by atoms with Gasteiger partial charge in [-0.15, -0.1) is 0 Å². The van der Waals surface area contributed by atoms with Crippen molar-refractivity contribution >= 4 is 15.9 Å². The van der Waals surface area contributed by atoms with E-state index in [-0.39, 0.29) is 12.0 Å². The van der Waals surface area contributed by atoms with E-state index in [0.29, 0.717) is 0 Å². The number of hydrogen-bond donors (Lipinski definition) is 2. The van der Waals surface area contributed by atoms with Crippen LogP contribution >= 0.6 is 15.9 Å². The summed E-state index contributed by atoms with van der Waals surface area (Å²) >= 11 is 3.40. The smallest absolute Gasteiger partial charge is 0.0954 e. The van der Waals surface area contributed by atoms with Gasteiger partial charge in [-0.25, -0.2) is 0 Å². The highest BCUT2D eigenvalue weighted by Gasteiger charge is 2.21. The predicted octanol–water partition coefficient (Wildman–Crippen LogP) is 2.47. The maximum absolute atomic E-state index is 9.99. The minimum Gasteiger partial charge on any atom is -0.387 e. The molecule has 2 unspecified atom stereocenters. The molecule has 1 aromatic carbocycles. The molecule has 14 heavy (non-hydrogen) atoms. The second-order valence-electron chi connectivity index (χ2n) is 3.79. The molecule has 78 valence electrons. The van der Waals surface area contributed by atoms with E-state index in [2.05, 4.69) is 15.9 Å². The Balaban J connectivity index is 2.89. The molecule has 3 heteroatoms. The molecular weight excluding hydrogens is 242 g/mol. The van der Waals surface area contributed by atoms with Gasteiger partial charge in [-0.1, -0.05) is 48.0 Å². The zero-order valence-electron chi connectivity index (χ0n) is 8.44. The van der Waals surface area contributed by atoms with Gasteiger partial charge in [-0.2, -0.15) is 0 Å². The Morgan fingerprint density at radius 2 is 1.86 bits per heavy atom. The van der Waals surface area contributed by atoms with Crippen LogP contribution in [0.1, 0.15) is 25.5 Å². The fraction of sp³-hybridized carbons (Fsp3) is 0.455. The standard InChI is InChI=1S/C11H16BrNO/c1-7(2)10(13)11(14)8-5-3-4-6-9(8)12/h3-7,10-11,14H,13H2,1-2H3. The van der Waals surface area contributed by atoms with Crippen LogP contribution in [-0.4, -0.2) is 11.1 Å². The van der Waals surface area contributed by atoms with Crippen molar-refractivity contribution in [2.24, 2.45) is 11.7 Å². The monoisotopic (exact) mass is 257 g/mol. The summed E-state index contributed by atoms with van der Waals surface area (Å²) in [5.74, 6) is 0.261.